The van der Waals surface area contributed by atoms with E-state index >= 15 is 0 Å². The molecule has 1 heterocycles. The van der Waals surface area contributed by atoms with Crippen molar-refractivity contribution in [1.29, 1.82) is 0 Å². The molecule has 1 unspecified atom stereocenters. The third kappa shape index (κ3) is 4.20. The number of methoxy groups -OCH3 is 3. The Kier molecular flexibility index (Phi) is 7.82. The molecule has 8 nitrogen and oxygen atoms in total. The van der Waals surface area contributed by atoms with Crippen molar-refractivity contribution in [3.63, 3.8) is 0 Å². The first-order chi connectivity index (χ1) is 13.2. The quantitative estimate of drug-likeness (QED) is 0.736. The molecule has 2 aliphatic rings. The van der Waals surface area contributed by atoms with Crippen LogP contribution in [0.4, 0.5) is 0 Å². The molecule has 0 fully saturated rings. The van der Waals surface area contributed by atoms with Crippen molar-refractivity contribution in [2.24, 2.45) is 5.41 Å². The van der Waals surface area contributed by atoms with Gasteiger partial charge in [0.25, 0.3) is 0 Å². The van der Waals surface area contributed by atoms with Crippen molar-refractivity contribution in [3.8, 4) is 11.5 Å². The number of ether oxygens (including phenoxy) is 3. The maximum Gasteiger partial charge on any atom is 0.336 e. The number of rotatable bonds is 4. The van der Waals surface area contributed by atoms with Gasteiger partial charge in [-0.15, -0.1) is 0 Å². The van der Waals surface area contributed by atoms with Gasteiger partial charge in [-0.2, -0.15) is 0 Å². The van der Waals surface area contributed by atoms with Crippen molar-refractivity contribution in [2.45, 2.75) is 39.5 Å². The zero-order chi connectivity index (χ0) is 20.6. The molecule has 0 aromatic heterocycles. The van der Waals surface area contributed by atoms with Gasteiger partial charge in [0.05, 0.1) is 32.8 Å². The second-order valence-corrected chi connectivity index (χ2v) is 8.00. The Morgan fingerprint density at radius 1 is 1.10 bits per heavy atom. The Balaban J connectivity index is 0.00000225. The maximum atomic E-state index is 13.2. The highest BCUT2D eigenvalue weighted by Crippen LogP contribution is 2.49. The Labute approximate surface area is 176 Å². The third-order valence-electron chi connectivity index (χ3n) is 5.39. The van der Waals surface area contributed by atoms with Gasteiger partial charge in [-0.3, -0.25) is 4.79 Å². The van der Waals surface area contributed by atoms with Crippen molar-refractivity contribution in [2.75, 3.05) is 21.3 Å². The van der Waals surface area contributed by atoms with Gasteiger partial charge >= 0.3 is 5.97 Å². The Morgan fingerprint density at radius 3 is 2.33 bits per heavy atom. The average Bonchev–Trinajstić information content (AvgIpc) is 2.64. The van der Waals surface area contributed by atoms with Gasteiger partial charge in [-0.1, -0.05) is 26.0 Å². The number of para-hydroxylation sites is 1. The van der Waals surface area contributed by atoms with Crippen LogP contribution in [0.25, 0.3) is 0 Å². The van der Waals surface area contributed by atoms with Gasteiger partial charge in [0.2, 0.25) is 0 Å². The molecule has 1 aromatic rings. The van der Waals surface area contributed by atoms with Crippen LogP contribution in [0.5, 0.6) is 11.5 Å². The lowest BCUT2D eigenvalue weighted by Crippen LogP contribution is -2.38. The summed E-state index contributed by atoms with van der Waals surface area (Å²) in [6.07, 6.45) is 1.15. The van der Waals surface area contributed by atoms with Crippen LogP contribution >= 0.6 is 0 Å². The van der Waals surface area contributed by atoms with Crippen molar-refractivity contribution in [3.05, 3.63) is 46.3 Å². The molecule has 30 heavy (non-hydrogen) atoms. The number of hydrogen-bond donors (Lipinski definition) is 1. The van der Waals surface area contributed by atoms with Gasteiger partial charge in [0.15, 0.2) is 17.3 Å². The Bertz CT molecular complexity index is 899. The normalized spacial score (nSPS) is 19.7. The standard InChI is InChI=1S/C22H27NO5.2H2O/c1-12-17(21(25)28-6)18(13-8-7-9-16(26-4)20(13)27-5)19-14(23-12)10-22(2,3)11-15(19)24;;/h7-9,18,23H,10-11H2,1-6H3;2*1H2. The molecule has 0 saturated heterocycles. The first kappa shape index (κ1) is 25.2. The molecule has 0 radical (unpaired) electrons. The molecule has 8 heteroatoms. The predicted molar refractivity (Wildman–Crippen MR) is 112 cm³/mol. The van der Waals surface area contributed by atoms with Crippen LogP contribution in [0.15, 0.2) is 40.7 Å². The first-order valence-electron chi connectivity index (χ1n) is 9.27. The van der Waals surface area contributed by atoms with Crippen LogP contribution < -0.4 is 14.8 Å². The molecule has 166 valence electrons. The van der Waals surface area contributed by atoms with Crippen LogP contribution in [-0.4, -0.2) is 44.0 Å². The zero-order valence-electron chi connectivity index (χ0n) is 18.3. The van der Waals surface area contributed by atoms with Crippen molar-refractivity contribution >= 4 is 11.8 Å². The minimum Gasteiger partial charge on any atom is -0.493 e. The summed E-state index contributed by atoms with van der Waals surface area (Å²) >= 11 is 0. The highest BCUT2D eigenvalue weighted by molar-refractivity contribution is 6.04. The maximum absolute atomic E-state index is 13.2. The molecule has 3 rings (SSSR count). The van der Waals surface area contributed by atoms with E-state index in [-0.39, 0.29) is 22.2 Å². The van der Waals surface area contributed by atoms with E-state index in [2.05, 4.69) is 19.2 Å². The van der Waals surface area contributed by atoms with E-state index in [1.54, 1.807) is 20.3 Å². The first-order valence-corrected chi connectivity index (χ1v) is 9.27. The van der Waals surface area contributed by atoms with E-state index < -0.39 is 11.9 Å². The van der Waals surface area contributed by atoms with Crippen LogP contribution in [0.1, 0.15) is 45.1 Å². The van der Waals surface area contributed by atoms with E-state index in [0.717, 1.165) is 12.1 Å². The molecule has 1 aliphatic heterocycles. The molecule has 0 spiro atoms. The number of allylic oxidation sites excluding steroid dienone is 3. The van der Waals surface area contributed by atoms with E-state index in [4.69, 9.17) is 14.2 Å². The number of hydrogen-bond acceptors (Lipinski definition) is 6. The van der Waals surface area contributed by atoms with Crippen molar-refractivity contribution < 1.29 is 34.8 Å². The topological polar surface area (TPSA) is 137 Å². The monoisotopic (exact) mass is 421 g/mol. The Hall–Kier alpha value is -2.84. The molecule has 0 amide bonds. The highest BCUT2D eigenvalue weighted by atomic mass is 16.5. The SMILES string of the molecule is COC(=O)C1=C(C)NC2=C(C(=O)CC(C)(C)C2)C1c1cccc(OC)c1OC.O.O. The number of carbonyl (C=O) groups is 2. The molecular formula is C22H31NO7. The lowest BCUT2D eigenvalue weighted by Gasteiger charge is -2.39. The summed E-state index contributed by atoms with van der Waals surface area (Å²) in [5, 5.41) is 3.30. The van der Waals surface area contributed by atoms with Crippen molar-refractivity contribution in [1.82, 2.24) is 5.32 Å². The summed E-state index contributed by atoms with van der Waals surface area (Å²) in [7, 11) is 4.46. The molecule has 0 saturated carbocycles. The average molecular weight is 421 g/mol. The minimum atomic E-state index is -0.572. The number of carbonyl (C=O) groups excluding carboxylic acids is 2. The number of dihydropyridines is 1. The molecule has 0 bridgehead atoms. The largest absolute Gasteiger partial charge is 0.493 e. The number of nitrogens with one attached hydrogen (secondary N) is 1. The van der Waals surface area contributed by atoms with Crippen LogP contribution in [0.3, 0.4) is 0 Å². The van der Waals surface area contributed by atoms with Gasteiger partial charge in [-0.05, 0) is 24.8 Å². The predicted octanol–water partition coefficient (Wildman–Crippen LogP) is 1.83. The fourth-order valence-electron chi connectivity index (χ4n) is 4.27. The fraction of sp³-hybridized carbons (Fsp3) is 0.455. The molecule has 1 aliphatic carbocycles. The summed E-state index contributed by atoms with van der Waals surface area (Å²) in [6.45, 7) is 5.99. The second-order valence-electron chi connectivity index (χ2n) is 8.00. The molecule has 1 aromatic carbocycles. The molecule has 5 N–H and O–H groups in total. The van der Waals surface area contributed by atoms with Gasteiger partial charge < -0.3 is 30.5 Å². The van der Waals surface area contributed by atoms with E-state index in [9.17, 15) is 9.59 Å². The summed E-state index contributed by atoms with van der Waals surface area (Å²) in [5.41, 5.74) is 3.14. The van der Waals surface area contributed by atoms with Crippen LogP contribution in [0.2, 0.25) is 0 Å². The second kappa shape index (κ2) is 9.32. The summed E-state index contributed by atoms with van der Waals surface area (Å²) in [5.74, 6) is 0.0469. The van der Waals surface area contributed by atoms with Gasteiger partial charge in [-0.25, -0.2) is 4.79 Å². The number of Topliss-reactive ketones (excluding diaryl/α,β-unsaturated/α-hetero) is 1. The van der Waals surface area contributed by atoms with E-state index in [1.807, 2.05) is 19.1 Å². The van der Waals surface area contributed by atoms with Gasteiger partial charge in [0, 0.05) is 29.0 Å². The zero-order valence-corrected chi connectivity index (χ0v) is 18.3. The third-order valence-corrected chi connectivity index (χ3v) is 5.39. The lowest BCUT2D eigenvalue weighted by atomic mass is 9.68. The number of ketones is 1. The van der Waals surface area contributed by atoms with E-state index in [0.29, 0.717) is 40.3 Å². The Morgan fingerprint density at radius 2 is 1.77 bits per heavy atom. The fourth-order valence-corrected chi connectivity index (χ4v) is 4.27. The smallest absolute Gasteiger partial charge is 0.336 e. The molecule has 1 atom stereocenters. The van der Waals surface area contributed by atoms with Gasteiger partial charge in [0.1, 0.15) is 0 Å². The summed E-state index contributed by atoms with van der Waals surface area (Å²) < 4.78 is 16.1. The minimum absolute atomic E-state index is 0. The van der Waals surface area contributed by atoms with Crippen LogP contribution in [0, 0.1) is 5.41 Å². The summed E-state index contributed by atoms with van der Waals surface area (Å²) in [6, 6.07) is 5.49. The van der Waals surface area contributed by atoms with Crippen LogP contribution in [-0.2, 0) is 14.3 Å². The number of benzene rings is 1. The number of esters is 1. The highest BCUT2D eigenvalue weighted by Gasteiger charge is 2.44. The summed E-state index contributed by atoms with van der Waals surface area (Å²) in [4.78, 5) is 25.9. The lowest BCUT2D eigenvalue weighted by molar-refractivity contribution is -0.136. The molecular weight excluding hydrogens is 390 g/mol. The van der Waals surface area contributed by atoms with E-state index in [1.165, 1.54) is 7.11 Å².